The van der Waals surface area contributed by atoms with Crippen molar-refractivity contribution in [3.05, 3.63) is 64.7 Å². The van der Waals surface area contributed by atoms with Gasteiger partial charge in [-0.2, -0.15) is 0 Å². The van der Waals surface area contributed by atoms with Gasteiger partial charge in [0, 0.05) is 17.2 Å². The summed E-state index contributed by atoms with van der Waals surface area (Å²) in [4.78, 5) is 0. The minimum absolute atomic E-state index is 0.396. The number of rotatable bonds is 5. The third-order valence-electron chi connectivity index (χ3n) is 3.41. The summed E-state index contributed by atoms with van der Waals surface area (Å²) < 4.78 is 33.2. The van der Waals surface area contributed by atoms with E-state index in [2.05, 4.69) is 5.32 Å². The number of hydrogen-bond donors (Lipinski definition) is 1. The fraction of sp³-hybridized carbons (Fsp3) is 0.294. The molecule has 4 heteroatoms. The second-order valence-electron chi connectivity index (χ2n) is 4.82. The smallest absolute Gasteiger partial charge is 0.131 e. The molecule has 0 aliphatic heterocycles. The predicted molar refractivity (Wildman–Crippen MR) is 79.6 cm³/mol. The molecule has 0 aliphatic rings. The van der Waals surface area contributed by atoms with Crippen molar-refractivity contribution in [1.82, 2.24) is 5.32 Å². The SMILES string of the molecule is CCOc1ccccc1C(NC)c1cc(C)c(F)cc1F. The van der Waals surface area contributed by atoms with E-state index in [4.69, 9.17) is 4.74 Å². The lowest BCUT2D eigenvalue weighted by Gasteiger charge is -2.21. The molecule has 0 aliphatic carbocycles. The highest BCUT2D eigenvalue weighted by Crippen LogP contribution is 2.32. The molecule has 112 valence electrons. The zero-order valence-electron chi connectivity index (χ0n) is 12.4. The van der Waals surface area contributed by atoms with Crippen molar-refractivity contribution in [1.29, 1.82) is 0 Å². The van der Waals surface area contributed by atoms with Crippen molar-refractivity contribution in [2.24, 2.45) is 0 Å². The van der Waals surface area contributed by atoms with E-state index in [0.717, 1.165) is 11.6 Å². The van der Waals surface area contributed by atoms with E-state index in [1.807, 2.05) is 31.2 Å². The Kier molecular flexibility index (Phi) is 4.91. The van der Waals surface area contributed by atoms with Gasteiger partial charge in [-0.1, -0.05) is 18.2 Å². The van der Waals surface area contributed by atoms with E-state index >= 15 is 0 Å². The molecule has 1 unspecified atom stereocenters. The first-order valence-electron chi connectivity index (χ1n) is 6.93. The van der Waals surface area contributed by atoms with Crippen LogP contribution < -0.4 is 10.1 Å². The van der Waals surface area contributed by atoms with Crippen LogP contribution in [0.5, 0.6) is 5.75 Å². The Morgan fingerprint density at radius 3 is 2.48 bits per heavy atom. The third kappa shape index (κ3) is 3.22. The molecule has 0 bridgehead atoms. The first kappa shape index (κ1) is 15.4. The zero-order valence-corrected chi connectivity index (χ0v) is 12.4. The lowest BCUT2D eigenvalue weighted by molar-refractivity contribution is 0.334. The maximum atomic E-state index is 14.1. The molecule has 0 fully saturated rings. The summed E-state index contributed by atoms with van der Waals surface area (Å²) in [7, 11) is 1.74. The van der Waals surface area contributed by atoms with Crippen LogP contribution in [0.25, 0.3) is 0 Å². The van der Waals surface area contributed by atoms with E-state index in [9.17, 15) is 8.78 Å². The van der Waals surface area contributed by atoms with Crippen molar-refractivity contribution in [3.8, 4) is 5.75 Å². The Morgan fingerprint density at radius 1 is 1.10 bits per heavy atom. The Labute approximate surface area is 123 Å². The number of para-hydroxylation sites is 1. The van der Waals surface area contributed by atoms with Crippen LogP contribution in [0.15, 0.2) is 36.4 Å². The fourth-order valence-corrected chi connectivity index (χ4v) is 2.39. The van der Waals surface area contributed by atoms with Gasteiger partial charge in [0.25, 0.3) is 0 Å². The highest BCUT2D eigenvalue weighted by atomic mass is 19.1. The molecule has 1 N–H and O–H groups in total. The Morgan fingerprint density at radius 2 is 1.81 bits per heavy atom. The van der Waals surface area contributed by atoms with Gasteiger partial charge < -0.3 is 10.1 Å². The molecule has 2 nitrogen and oxygen atoms in total. The normalized spacial score (nSPS) is 12.2. The molecular weight excluding hydrogens is 272 g/mol. The van der Waals surface area contributed by atoms with Gasteiger partial charge in [0.2, 0.25) is 0 Å². The molecule has 0 saturated carbocycles. The fourth-order valence-electron chi connectivity index (χ4n) is 2.39. The van der Waals surface area contributed by atoms with Gasteiger partial charge in [-0.15, -0.1) is 0 Å². The van der Waals surface area contributed by atoms with E-state index in [-0.39, 0.29) is 0 Å². The van der Waals surface area contributed by atoms with Gasteiger partial charge in [0.15, 0.2) is 0 Å². The van der Waals surface area contributed by atoms with E-state index in [0.29, 0.717) is 23.5 Å². The minimum Gasteiger partial charge on any atom is -0.494 e. The largest absolute Gasteiger partial charge is 0.494 e. The maximum Gasteiger partial charge on any atom is 0.131 e. The number of aryl methyl sites for hydroxylation is 1. The summed E-state index contributed by atoms with van der Waals surface area (Å²) in [5, 5.41) is 3.08. The van der Waals surface area contributed by atoms with Gasteiger partial charge >= 0.3 is 0 Å². The average Bonchev–Trinajstić information content (AvgIpc) is 2.47. The number of benzene rings is 2. The van der Waals surface area contributed by atoms with Crippen LogP contribution in [-0.4, -0.2) is 13.7 Å². The first-order valence-corrected chi connectivity index (χ1v) is 6.93. The van der Waals surface area contributed by atoms with E-state index in [1.165, 1.54) is 6.07 Å². The molecule has 0 amide bonds. The van der Waals surface area contributed by atoms with E-state index < -0.39 is 17.7 Å². The second-order valence-corrected chi connectivity index (χ2v) is 4.82. The van der Waals surface area contributed by atoms with Gasteiger partial charge in [0.1, 0.15) is 17.4 Å². The van der Waals surface area contributed by atoms with Crippen molar-refractivity contribution >= 4 is 0 Å². The highest BCUT2D eigenvalue weighted by molar-refractivity contribution is 5.43. The standard InChI is InChI=1S/C17H19F2NO/c1-4-21-16-8-6-5-7-12(16)17(20-3)13-9-11(2)14(18)10-15(13)19/h5-10,17,20H,4H2,1-3H3. The summed E-state index contributed by atoms with van der Waals surface area (Å²) in [6, 6.07) is 9.53. The van der Waals surface area contributed by atoms with Gasteiger partial charge in [-0.05, 0) is 38.6 Å². The summed E-state index contributed by atoms with van der Waals surface area (Å²) in [5.41, 5.74) is 1.65. The Hall–Kier alpha value is -1.94. The van der Waals surface area contributed by atoms with E-state index in [1.54, 1.807) is 14.0 Å². The van der Waals surface area contributed by atoms with Crippen molar-refractivity contribution in [2.45, 2.75) is 19.9 Å². The van der Waals surface area contributed by atoms with Crippen LogP contribution in [0.2, 0.25) is 0 Å². The number of ether oxygens (including phenoxy) is 1. The summed E-state index contributed by atoms with van der Waals surface area (Å²) >= 11 is 0. The van der Waals surface area contributed by atoms with Crippen molar-refractivity contribution in [3.63, 3.8) is 0 Å². The zero-order chi connectivity index (χ0) is 15.4. The Bertz CT molecular complexity index is 628. The topological polar surface area (TPSA) is 21.3 Å². The second kappa shape index (κ2) is 6.68. The first-order chi connectivity index (χ1) is 10.1. The van der Waals surface area contributed by atoms with Crippen LogP contribution in [0.3, 0.4) is 0 Å². The summed E-state index contributed by atoms with van der Waals surface area (Å²) in [6.45, 7) is 4.05. The number of nitrogens with one attached hydrogen (secondary N) is 1. The molecule has 0 saturated heterocycles. The van der Waals surface area contributed by atoms with Crippen molar-refractivity contribution in [2.75, 3.05) is 13.7 Å². The lowest BCUT2D eigenvalue weighted by Crippen LogP contribution is -2.20. The van der Waals surface area contributed by atoms with Gasteiger partial charge in [0.05, 0.1) is 12.6 Å². The van der Waals surface area contributed by atoms with Gasteiger partial charge in [-0.25, -0.2) is 8.78 Å². The predicted octanol–water partition coefficient (Wildman–Crippen LogP) is 3.98. The van der Waals surface area contributed by atoms with Crippen LogP contribution in [0, 0.1) is 18.6 Å². The van der Waals surface area contributed by atoms with Gasteiger partial charge in [-0.3, -0.25) is 0 Å². The lowest BCUT2D eigenvalue weighted by atomic mass is 9.96. The van der Waals surface area contributed by atoms with Crippen LogP contribution >= 0.6 is 0 Å². The Balaban J connectivity index is 2.52. The number of hydrogen-bond acceptors (Lipinski definition) is 2. The molecule has 2 rings (SSSR count). The average molecular weight is 291 g/mol. The monoisotopic (exact) mass is 291 g/mol. The highest BCUT2D eigenvalue weighted by Gasteiger charge is 2.21. The molecular formula is C17H19F2NO. The van der Waals surface area contributed by atoms with Crippen LogP contribution in [0.1, 0.15) is 29.7 Å². The molecule has 0 aromatic heterocycles. The quantitative estimate of drug-likeness (QED) is 0.899. The number of halogens is 2. The molecule has 0 radical (unpaired) electrons. The molecule has 2 aromatic carbocycles. The molecule has 0 spiro atoms. The molecule has 0 heterocycles. The maximum absolute atomic E-state index is 14.1. The van der Waals surface area contributed by atoms with Crippen LogP contribution in [0.4, 0.5) is 8.78 Å². The molecule has 21 heavy (non-hydrogen) atoms. The third-order valence-corrected chi connectivity index (χ3v) is 3.41. The summed E-state index contributed by atoms with van der Waals surface area (Å²) in [6.07, 6.45) is 0. The summed E-state index contributed by atoms with van der Waals surface area (Å²) in [5.74, 6) is -0.409. The molecule has 1 atom stereocenters. The minimum atomic E-state index is -0.566. The molecule has 2 aromatic rings. The van der Waals surface area contributed by atoms with Crippen LogP contribution in [-0.2, 0) is 0 Å². The van der Waals surface area contributed by atoms with Crippen molar-refractivity contribution < 1.29 is 13.5 Å².